The van der Waals surface area contributed by atoms with Gasteiger partial charge in [-0.15, -0.1) is 0 Å². The van der Waals surface area contributed by atoms with Gasteiger partial charge in [-0.2, -0.15) is 0 Å². The number of hydrogen-bond donors (Lipinski definition) is 1. The van der Waals surface area contributed by atoms with Gasteiger partial charge in [-0.1, -0.05) is 41.9 Å². The van der Waals surface area contributed by atoms with Crippen molar-refractivity contribution in [2.45, 2.75) is 39.5 Å². The van der Waals surface area contributed by atoms with E-state index >= 15 is 0 Å². The fraction of sp³-hybridized carbons (Fsp3) is 0.300. The lowest BCUT2D eigenvalue weighted by Gasteiger charge is -2.21. The predicted molar refractivity (Wildman–Crippen MR) is 101 cm³/mol. The smallest absolute Gasteiger partial charge is 0.254 e. The summed E-state index contributed by atoms with van der Waals surface area (Å²) in [5.74, 6) is 0.259. The number of para-hydroxylation sites is 2. The van der Waals surface area contributed by atoms with Gasteiger partial charge in [-0.3, -0.25) is 9.59 Å². The Balaban J connectivity index is 1.99. The molecule has 0 unspecified atom stereocenters. The van der Waals surface area contributed by atoms with E-state index in [1.165, 1.54) is 6.92 Å². The second-order valence-electron chi connectivity index (χ2n) is 6.51. The summed E-state index contributed by atoms with van der Waals surface area (Å²) >= 11 is 6.38. The molecule has 6 heteroatoms. The number of carbonyl (C=O) groups is 2. The van der Waals surface area contributed by atoms with Gasteiger partial charge >= 0.3 is 0 Å². The number of carbonyl (C=O) groups excluding carboxylic acids is 2. The van der Waals surface area contributed by atoms with Crippen molar-refractivity contribution in [2.24, 2.45) is 0 Å². The van der Waals surface area contributed by atoms with E-state index in [-0.39, 0.29) is 17.9 Å². The molecule has 0 fully saturated rings. The van der Waals surface area contributed by atoms with Gasteiger partial charge in [0.1, 0.15) is 11.8 Å². The molecule has 2 aromatic carbocycles. The van der Waals surface area contributed by atoms with Gasteiger partial charge < -0.3 is 15.0 Å². The summed E-state index contributed by atoms with van der Waals surface area (Å²) in [5, 5.41) is 3.20. The maximum Gasteiger partial charge on any atom is 0.254 e. The normalized spacial score (nSPS) is 16.0. The minimum atomic E-state index is -0.723. The number of fused-ring (bicyclic) bond motifs is 1. The zero-order valence-electron chi connectivity index (χ0n) is 15.0. The van der Waals surface area contributed by atoms with Crippen LogP contribution in [0.1, 0.15) is 37.9 Å². The van der Waals surface area contributed by atoms with Crippen LogP contribution in [0.25, 0.3) is 0 Å². The molecule has 0 saturated carbocycles. The van der Waals surface area contributed by atoms with E-state index in [9.17, 15) is 9.59 Å². The summed E-state index contributed by atoms with van der Waals surface area (Å²) in [6, 6.07) is 12.2. The number of rotatable bonds is 5. The molecule has 1 aliphatic rings. The topological polar surface area (TPSA) is 58.6 Å². The molecule has 26 heavy (non-hydrogen) atoms. The molecule has 0 aliphatic carbocycles. The first kappa shape index (κ1) is 18.3. The van der Waals surface area contributed by atoms with Gasteiger partial charge in [0.25, 0.3) is 5.91 Å². The highest BCUT2D eigenvalue weighted by Crippen LogP contribution is 2.42. The zero-order chi connectivity index (χ0) is 18.8. The fourth-order valence-electron chi connectivity index (χ4n) is 3.12. The van der Waals surface area contributed by atoms with Crippen molar-refractivity contribution >= 4 is 29.1 Å². The summed E-state index contributed by atoms with van der Waals surface area (Å²) in [6.45, 7) is 5.62. The van der Waals surface area contributed by atoms with Crippen LogP contribution in [0.15, 0.2) is 42.5 Å². The highest BCUT2D eigenvalue weighted by atomic mass is 35.5. The molecule has 0 aromatic heterocycles. The standard InChI is InChI=1S/C20H21ClN2O3/c1-12(2)26-17-10-5-4-7-14(17)11-23-19-15(8-6-9-16(19)21)18(20(23)25)22-13(3)24/h4-10,12,18H,11H2,1-3H3,(H,22,24)/t18-/m1/s1. The van der Waals surface area contributed by atoms with Crippen molar-refractivity contribution in [3.05, 3.63) is 58.6 Å². The number of nitrogens with zero attached hydrogens (tertiary/aromatic N) is 1. The van der Waals surface area contributed by atoms with E-state index in [4.69, 9.17) is 16.3 Å². The van der Waals surface area contributed by atoms with Crippen LogP contribution in [0.4, 0.5) is 5.69 Å². The van der Waals surface area contributed by atoms with Crippen molar-refractivity contribution in [1.29, 1.82) is 0 Å². The molecule has 1 N–H and O–H groups in total. The molecule has 3 rings (SSSR count). The molecule has 136 valence electrons. The first-order chi connectivity index (χ1) is 12.4. The Morgan fingerprint density at radius 1 is 1.23 bits per heavy atom. The van der Waals surface area contributed by atoms with Gasteiger partial charge in [0, 0.05) is 18.1 Å². The molecule has 0 spiro atoms. The van der Waals surface area contributed by atoms with Crippen molar-refractivity contribution in [1.82, 2.24) is 5.32 Å². The van der Waals surface area contributed by atoms with E-state index in [1.807, 2.05) is 44.2 Å². The molecule has 1 atom stereocenters. The lowest BCUT2D eigenvalue weighted by atomic mass is 10.1. The maximum absolute atomic E-state index is 13.0. The van der Waals surface area contributed by atoms with Crippen LogP contribution in [-0.4, -0.2) is 17.9 Å². The molecule has 0 radical (unpaired) electrons. The molecule has 5 nitrogen and oxygen atoms in total. The third-order valence-electron chi connectivity index (χ3n) is 4.12. The fourth-order valence-corrected chi connectivity index (χ4v) is 3.41. The van der Waals surface area contributed by atoms with Gasteiger partial charge in [0.15, 0.2) is 0 Å². The largest absolute Gasteiger partial charge is 0.491 e. The van der Waals surface area contributed by atoms with Crippen LogP contribution < -0.4 is 15.0 Å². The molecule has 0 bridgehead atoms. The number of benzene rings is 2. The van der Waals surface area contributed by atoms with Crippen LogP contribution in [0.2, 0.25) is 5.02 Å². The average Bonchev–Trinajstić information content (AvgIpc) is 2.82. The van der Waals surface area contributed by atoms with E-state index in [2.05, 4.69) is 5.32 Å². The third-order valence-corrected chi connectivity index (χ3v) is 4.43. The lowest BCUT2D eigenvalue weighted by Crippen LogP contribution is -2.36. The molecular weight excluding hydrogens is 352 g/mol. The minimum absolute atomic E-state index is 0.0217. The van der Waals surface area contributed by atoms with Gasteiger partial charge in [-0.25, -0.2) is 0 Å². The molecule has 0 saturated heterocycles. The molecular formula is C20H21ClN2O3. The molecule has 2 amide bonds. The van der Waals surface area contributed by atoms with Crippen LogP contribution in [0, 0.1) is 0 Å². The summed E-state index contributed by atoms with van der Waals surface area (Å²) < 4.78 is 5.86. The quantitative estimate of drug-likeness (QED) is 0.867. The highest BCUT2D eigenvalue weighted by Gasteiger charge is 2.39. The third kappa shape index (κ3) is 3.53. The summed E-state index contributed by atoms with van der Waals surface area (Å²) in [4.78, 5) is 26.2. The van der Waals surface area contributed by atoms with E-state index in [1.54, 1.807) is 17.0 Å². The van der Waals surface area contributed by atoms with Crippen LogP contribution >= 0.6 is 11.6 Å². The van der Waals surface area contributed by atoms with Gasteiger partial charge in [0.2, 0.25) is 5.91 Å². The maximum atomic E-state index is 13.0. The Labute approximate surface area is 157 Å². The first-order valence-corrected chi connectivity index (χ1v) is 8.87. The van der Waals surface area contributed by atoms with Crippen LogP contribution in [-0.2, 0) is 16.1 Å². The Kier molecular flexibility index (Phi) is 5.18. The second-order valence-corrected chi connectivity index (χ2v) is 6.92. The van der Waals surface area contributed by atoms with Crippen molar-refractivity contribution in [3.63, 3.8) is 0 Å². The number of hydrogen-bond acceptors (Lipinski definition) is 3. The van der Waals surface area contributed by atoms with Crippen LogP contribution in [0.5, 0.6) is 5.75 Å². The van der Waals surface area contributed by atoms with Gasteiger partial charge in [0.05, 0.1) is 23.4 Å². The lowest BCUT2D eigenvalue weighted by molar-refractivity contribution is -0.126. The Morgan fingerprint density at radius 2 is 1.96 bits per heavy atom. The SMILES string of the molecule is CC(=O)N[C@H]1C(=O)N(Cc2ccccc2OC(C)C)c2c(Cl)cccc21. The highest BCUT2D eigenvalue weighted by molar-refractivity contribution is 6.34. The second kappa shape index (κ2) is 7.38. The molecule has 1 aliphatic heterocycles. The van der Waals surface area contributed by atoms with E-state index < -0.39 is 6.04 Å². The molecule has 2 aromatic rings. The zero-order valence-corrected chi connectivity index (χ0v) is 15.7. The summed E-state index contributed by atoms with van der Waals surface area (Å²) in [7, 11) is 0. The Bertz CT molecular complexity index is 851. The number of amides is 2. The molecule has 1 heterocycles. The number of halogens is 1. The first-order valence-electron chi connectivity index (χ1n) is 8.50. The monoisotopic (exact) mass is 372 g/mol. The average molecular weight is 373 g/mol. The number of ether oxygens (including phenoxy) is 1. The Hall–Kier alpha value is -2.53. The Morgan fingerprint density at radius 3 is 2.65 bits per heavy atom. The van der Waals surface area contributed by atoms with Crippen molar-refractivity contribution in [2.75, 3.05) is 4.90 Å². The van der Waals surface area contributed by atoms with E-state index in [0.29, 0.717) is 22.8 Å². The number of anilines is 1. The van der Waals surface area contributed by atoms with Crippen LogP contribution in [0.3, 0.4) is 0 Å². The van der Waals surface area contributed by atoms with E-state index in [0.717, 1.165) is 11.3 Å². The summed E-state index contributed by atoms with van der Waals surface area (Å²) in [6.07, 6.45) is 0.0217. The van der Waals surface area contributed by atoms with Crippen molar-refractivity contribution in [3.8, 4) is 5.75 Å². The number of nitrogens with one attached hydrogen (secondary N) is 1. The predicted octanol–water partition coefficient (Wildman–Crippen LogP) is 3.85. The minimum Gasteiger partial charge on any atom is -0.491 e. The van der Waals surface area contributed by atoms with Crippen molar-refractivity contribution < 1.29 is 14.3 Å². The van der Waals surface area contributed by atoms with Gasteiger partial charge in [-0.05, 0) is 26.0 Å². The summed E-state index contributed by atoms with van der Waals surface area (Å²) in [5.41, 5.74) is 2.22.